The van der Waals surface area contributed by atoms with Crippen LogP contribution in [0.25, 0.3) is 0 Å². The van der Waals surface area contributed by atoms with E-state index < -0.39 is 0 Å². The largest absolute Gasteiger partial charge is 0.357 e. The van der Waals surface area contributed by atoms with Crippen LogP contribution in [0.4, 0.5) is 11.5 Å². The number of nitrogens with zero attached hydrogens (tertiary/aromatic N) is 4. The summed E-state index contributed by atoms with van der Waals surface area (Å²) < 4.78 is 0. The third-order valence-electron chi connectivity index (χ3n) is 4.27. The number of piperidine rings is 1. The number of aromatic nitrogens is 1. The van der Waals surface area contributed by atoms with Gasteiger partial charge in [0.05, 0.1) is 4.92 Å². The van der Waals surface area contributed by atoms with Crippen molar-refractivity contribution in [3.63, 3.8) is 0 Å². The van der Waals surface area contributed by atoms with Crippen molar-refractivity contribution in [1.82, 2.24) is 9.88 Å². The van der Waals surface area contributed by atoms with Crippen LogP contribution in [0.5, 0.6) is 0 Å². The van der Waals surface area contributed by atoms with Crippen molar-refractivity contribution in [1.29, 1.82) is 0 Å². The van der Waals surface area contributed by atoms with Crippen molar-refractivity contribution in [3.05, 3.63) is 27.9 Å². The Hall–Kier alpha value is -1.69. The molecule has 1 aliphatic rings. The second-order valence-corrected chi connectivity index (χ2v) is 5.77. The van der Waals surface area contributed by atoms with Crippen LogP contribution in [0.15, 0.2) is 12.3 Å². The normalized spacial score (nSPS) is 16.9. The summed E-state index contributed by atoms with van der Waals surface area (Å²) in [6.45, 7) is 7.39. The molecule has 0 radical (unpaired) electrons. The molecule has 21 heavy (non-hydrogen) atoms. The molecule has 0 amide bonds. The van der Waals surface area contributed by atoms with E-state index in [1.54, 1.807) is 6.92 Å². The second-order valence-electron chi connectivity index (χ2n) is 5.77. The van der Waals surface area contributed by atoms with Gasteiger partial charge in [-0.1, -0.05) is 6.92 Å². The fourth-order valence-corrected chi connectivity index (χ4v) is 2.95. The molecule has 0 atom stereocenters. The molecule has 0 bridgehead atoms. The predicted octanol–water partition coefficient (Wildman–Crippen LogP) is 2.61. The average Bonchev–Trinajstić information content (AvgIpc) is 2.47. The van der Waals surface area contributed by atoms with Gasteiger partial charge >= 0.3 is 0 Å². The summed E-state index contributed by atoms with van der Waals surface area (Å²) in [7, 11) is 2.04. The zero-order chi connectivity index (χ0) is 15.4. The Morgan fingerprint density at radius 1 is 1.48 bits per heavy atom. The lowest BCUT2D eigenvalue weighted by Gasteiger charge is -2.37. The quantitative estimate of drug-likeness (QED) is 0.616. The molecule has 0 unspecified atom stereocenters. The summed E-state index contributed by atoms with van der Waals surface area (Å²) in [6.07, 6.45) is 4.80. The Kier molecular flexibility index (Phi) is 5.12. The number of rotatable bonds is 5. The summed E-state index contributed by atoms with van der Waals surface area (Å²) in [5.41, 5.74) is 0.755. The topological polar surface area (TPSA) is 62.5 Å². The Morgan fingerprint density at radius 2 is 2.14 bits per heavy atom. The first-order chi connectivity index (χ1) is 10.0. The minimum atomic E-state index is -0.380. The molecule has 0 aromatic carbocycles. The van der Waals surface area contributed by atoms with Crippen LogP contribution in [0.2, 0.25) is 0 Å². The third-order valence-corrected chi connectivity index (χ3v) is 4.27. The maximum atomic E-state index is 10.8. The monoisotopic (exact) mass is 292 g/mol. The SMILES string of the molecule is CCCN1CCC(N(C)c2cc(C)c([N+](=O)[O-])cn2)CC1. The highest BCUT2D eigenvalue weighted by Gasteiger charge is 2.23. The first kappa shape index (κ1) is 15.7. The smallest absolute Gasteiger partial charge is 0.290 e. The van der Waals surface area contributed by atoms with Gasteiger partial charge in [0, 0.05) is 31.7 Å². The molecule has 1 aromatic rings. The molecule has 0 spiro atoms. The van der Waals surface area contributed by atoms with Crippen LogP contribution in [-0.4, -0.2) is 47.5 Å². The molecule has 6 heteroatoms. The highest BCUT2D eigenvalue weighted by molar-refractivity contribution is 5.48. The Bertz CT molecular complexity index is 498. The van der Waals surface area contributed by atoms with Gasteiger partial charge in [0.15, 0.2) is 0 Å². The molecule has 116 valence electrons. The summed E-state index contributed by atoms with van der Waals surface area (Å²) in [5, 5.41) is 10.8. The fourth-order valence-electron chi connectivity index (χ4n) is 2.95. The molecular formula is C15H24N4O2. The van der Waals surface area contributed by atoms with E-state index in [0.29, 0.717) is 11.6 Å². The number of likely N-dealkylation sites (tertiary alicyclic amines) is 1. The molecule has 0 aliphatic carbocycles. The van der Waals surface area contributed by atoms with E-state index in [4.69, 9.17) is 0 Å². The van der Waals surface area contributed by atoms with E-state index >= 15 is 0 Å². The van der Waals surface area contributed by atoms with Gasteiger partial charge < -0.3 is 9.80 Å². The molecule has 6 nitrogen and oxygen atoms in total. The molecular weight excluding hydrogens is 268 g/mol. The van der Waals surface area contributed by atoms with E-state index in [2.05, 4.69) is 21.7 Å². The third kappa shape index (κ3) is 3.69. The number of hydrogen-bond acceptors (Lipinski definition) is 5. The zero-order valence-electron chi connectivity index (χ0n) is 13.1. The number of nitro groups is 1. The lowest BCUT2D eigenvalue weighted by atomic mass is 10.0. The van der Waals surface area contributed by atoms with Gasteiger partial charge in [0.2, 0.25) is 0 Å². The molecule has 2 rings (SSSR count). The average molecular weight is 292 g/mol. The first-order valence-electron chi connectivity index (χ1n) is 7.59. The molecule has 1 aliphatic heterocycles. The van der Waals surface area contributed by atoms with Crippen LogP contribution in [0.3, 0.4) is 0 Å². The summed E-state index contributed by atoms with van der Waals surface area (Å²) >= 11 is 0. The minimum absolute atomic E-state index is 0.0879. The first-order valence-corrected chi connectivity index (χ1v) is 7.59. The lowest BCUT2D eigenvalue weighted by molar-refractivity contribution is -0.385. The standard InChI is InChI=1S/C15H24N4O2/c1-4-7-18-8-5-13(6-9-18)17(3)15-10-12(2)14(11-16-15)19(20)21/h10-11,13H,4-9H2,1-3H3. The number of pyridine rings is 1. The van der Waals surface area contributed by atoms with Crippen molar-refractivity contribution < 1.29 is 4.92 Å². The molecule has 1 saturated heterocycles. The van der Waals surface area contributed by atoms with Crippen molar-refractivity contribution in [2.75, 3.05) is 31.6 Å². The van der Waals surface area contributed by atoms with E-state index in [-0.39, 0.29) is 10.6 Å². The van der Waals surface area contributed by atoms with Gasteiger partial charge in [-0.05, 0) is 38.8 Å². The van der Waals surface area contributed by atoms with Crippen LogP contribution in [-0.2, 0) is 0 Å². The van der Waals surface area contributed by atoms with Crippen LogP contribution in [0, 0.1) is 17.0 Å². The van der Waals surface area contributed by atoms with Crippen molar-refractivity contribution in [2.45, 2.75) is 39.2 Å². The highest BCUT2D eigenvalue weighted by atomic mass is 16.6. The fraction of sp³-hybridized carbons (Fsp3) is 0.667. The van der Waals surface area contributed by atoms with Crippen LogP contribution in [0.1, 0.15) is 31.7 Å². The Balaban J connectivity index is 2.02. The van der Waals surface area contributed by atoms with Gasteiger partial charge in [-0.15, -0.1) is 0 Å². The second kappa shape index (κ2) is 6.85. The number of aryl methyl sites for hydroxylation is 1. The van der Waals surface area contributed by atoms with Gasteiger partial charge in [0.25, 0.3) is 5.69 Å². The Labute approximate surface area is 125 Å². The highest BCUT2D eigenvalue weighted by Crippen LogP contribution is 2.24. The molecule has 0 N–H and O–H groups in total. The van der Waals surface area contributed by atoms with E-state index in [0.717, 1.165) is 31.7 Å². The van der Waals surface area contributed by atoms with Gasteiger partial charge in [-0.25, -0.2) is 4.98 Å². The van der Waals surface area contributed by atoms with Gasteiger partial charge in [0.1, 0.15) is 12.0 Å². The van der Waals surface area contributed by atoms with Gasteiger partial charge in [-0.2, -0.15) is 0 Å². The maximum absolute atomic E-state index is 10.8. The van der Waals surface area contributed by atoms with Crippen molar-refractivity contribution in [3.8, 4) is 0 Å². The van der Waals surface area contributed by atoms with E-state index in [1.165, 1.54) is 19.2 Å². The minimum Gasteiger partial charge on any atom is -0.357 e. The van der Waals surface area contributed by atoms with Crippen molar-refractivity contribution in [2.24, 2.45) is 0 Å². The Morgan fingerprint density at radius 3 is 2.67 bits per heavy atom. The summed E-state index contributed by atoms with van der Waals surface area (Å²) in [5.74, 6) is 0.826. The molecule has 0 saturated carbocycles. The van der Waals surface area contributed by atoms with Crippen molar-refractivity contribution >= 4 is 11.5 Å². The zero-order valence-corrected chi connectivity index (χ0v) is 13.1. The van der Waals surface area contributed by atoms with Gasteiger partial charge in [-0.3, -0.25) is 10.1 Å². The van der Waals surface area contributed by atoms with Crippen LogP contribution >= 0.6 is 0 Å². The summed E-state index contributed by atoms with van der Waals surface area (Å²) in [6, 6.07) is 2.28. The van der Waals surface area contributed by atoms with E-state index in [1.807, 2.05) is 13.1 Å². The molecule has 1 aromatic heterocycles. The number of anilines is 1. The summed E-state index contributed by atoms with van der Waals surface area (Å²) in [4.78, 5) is 19.4. The predicted molar refractivity (Wildman–Crippen MR) is 83.8 cm³/mol. The molecule has 2 heterocycles. The maximum Gasteiger partial charge on any atom is 0.290 e. The van der Waals surface area contributed by atoms with Crippen LogP contribution < -0.4 is 4.90 Å². The molecule has 1 fully saturated rings. The lowest BCUT2D eigenvalue weighted by Crippen LogP contribution is -2.43. The van der Waals surface area contributed by atoms with E-state index in [9.17, 15) is 10.1 Å². The number of hydrogen-bond donors (Lipinski definition) is 0.